The van der Waals surface area contributed by atoms with Gasteiger partial charge in [0.15, 0.2) is 5.75 Å². The number of carbonyl (C=O) groups is 1. The highest BCUT2D eigenvalue weighted by Gasteiger charge is 2.26. The van der Waals surface area contributed by atoms with Crippen molar-refractivity contribution < 1.29 is 19.7 Å². The number of hydrogen-bond acceptors (Lipinski definition) is 4. The molecule has 2 aromatic carbocycles. The Kier molecular flexibility index (Phi) is 3.76. The molecule has 1 aliphatic heterocycles. The fraction of sp³-hybridized carbons (Fsp3) is 0.133. The third kappa shape index (κ3) is 2.53. The van der Waals surface area contributed by atoms with Crippen molar-refractivity contribution in [3.8, 4) is 17.2 Å². The van der Waals surface area contributed by atoms with Gasteiger partial charge in [0.25, 0.3) is 5.91 Å². The van der Waals surface area contributed by atoms with Crippen molar-refractivity contribution >= 4 is 34.8 Å². The molecule has 7 heteroatoms. The lowest BCUT2D eigenvalue weighted by molar-refractivity contribution is 0.0976. The summed E-state index contributed by atoms with van der Waals surface area (Å²) in [6, 6.07) is 7.24. The Hall–Kier alpha value is -2.11. The maximum atomic E-state index is 12.7. The minimum Gasteiger partial charge on any atom is -0.508 e. The monoisotopic (exact) mass is 339 g/mol. The molecule has 0 spiro atoms. The molecule has 5 nitrogen and oxygen atoms in total. The van der Waals surface area contributed by atoms with Gasteiger partial charge in [0.05, 0.1) is 22.3 Å². The molecule has 114 valence electrons. The minimum atomic E-state index is -0.348. The Morgan fingerprint density at radius 1 is 1.14 bits per heavy atom. The number of phenolic OH excluding ortho intramolecular Hbond substituents is 2. The zero-order valence-electron chi connectivity index (χ0n) is 11.2. The van der Waals surface area contributed by atoms with Gasteiger partial charge in [-0.2, -0.15) is 0 Å². The first-order valence-corrected chi connectivity index (χ1v) is 7.18. The molecule has 0 aliphatic carbocycles. The summed E-state index contributed by atoms with van der Waals surface area (Å²) in [5, 5.41) is 19.2. The smallest absolute Gasteiger partial charge is 0.258 e. The quantitative estimate of drug-likeness (QED) is 0.834. The number of anilines is 1. The van der Waals surface area contributed by atoms with Crippen LogP contribution in [0.4, 0.5) is 5.69 Å². The van der Waals surface area contributed by atoms with Gasteiger partial charge < -0.3 is 19.8 Å². The lowest BCUT2D eigenvalue weighted by Crippen LogP contribution is -2.37. The highest BCUT2D eigenvalue weighted by molar-refractivity contribution is 6.37. The van der Waals surface area contributed by atoms with Crippen LogP contribution in [0.2, 0.25) is 10.0 Å². The number of phenols is 2. The Labute approximate surface area is 136 Å². The third-order valence-corrected chi connectivity index (χ3v) is 3.89. The molecule has 3 rings (SSSR count). The van der Waals surface area contributed by atoms with Crippen molar-refractivity contribution in [3.05, 3.63) is 45.9 Å². The van der Waals surface area contributed by atoms with Crippen molar-refractivity contribution in [3.63, 3.8) is 0 Å². The SMILES string of the molecule is O=C(c1cc(Cl)c(O)c(Cl)c1)N1CCOc2ccc(O)cc21. The van der Waals surface area contributed by atoms with Crippen molar-refractivity contribution in [1.29, 1.82) is 0 Å². The number of ether oxygens (including phenoxy) is 1. The number of nitrogens with zero attached hydrogens (tertiary/aromatic N) is 1. The summed E-state index contributed by atoms with van der Waals surface area (Å²) >= 11 is 11.7. The van der Waals surface area contributed by atoms with E-state index in [4.69, 9.17) is 27.9 Å². The van der Waals surface area contributed by atoms with Gasteiger partial charge in [-0.3, -0.25) is 4.79 Å². The molecule has 22 heavy (non-hydrogen) atoms. The standard InChI is InChI=1S/C15H11Cl2NO4/c16-10-5-8(6-11(17)14(10)20)15(21)18-3-4-22-13-2-1-9(19)7-12(13)18/h1-2,5-7,19-20H,3-4H2. The fourth-order valence-corrected chi connectivity index (χ4v) is 2.75. The molecular weight excluding hydrogens is 329 g/mol. The predicted octanol–water partition coefficient (Wildman–Crippen LogP) is 3.44. The number of carbonyl (C=O) groups excluding carboxylic acids is 1. The maximum Gasteiger partial charge on any atom is 0.258 e. The Balaban J connectivity index is 2.02. The van der Waals surface area contributed by atoms with E-state index in [0.717, 1.165) is 0 Å². The van der Waals surface area contributed by atoms with E-state index in [1.807, 2.05) is 0 Å². The summed E-state index contributed by atoms with van der Waals surface area (Å²) in [6.45, 7) is 0.661. The van der Waals surface area contributed by atoms with E-state index in [1.165, 1.54) is 29.2 Å². The number of aromatic hydroxyl groups is 2. The van der Waals surface area contributed by atoms with Crippen LogP contribution in [0.25, 0.3) is 0 Å². The van der Waals surface area contributed by atoms with Crippen LogP contribution in [0.15, 0.2) is 30.3 Å². The Bertz CT molecular complexity index is 740. The molecule has 2 aromatic rings. The second kappa shape index (κ2) is 5.59. The first-order chi connectivity index (χ1) is 10.5. The third-order valence-electron chi connectivity index (χ3n) is 3.31. The number of amides is 1. The second-order valence-electron chi connectivity index (χ2n) is 4.75. The van der Waals surface area contributed by atoms with Crippen LogP contribution in [0, 0.1) is 0 Å². The van der Waals surface area contributed by atoms with Crippen LogP contribution in [0.3, 0.4) is 0 Å². The Morgan fingerprint density at radius 3 is 2.50 bits per heavy atom. The fourth-order valence-electron chi connectivity index (χ4n) is 2.26. The van der Waals surface area contributed by atoms with Gasteiger partial charge in [-0.15, -0.1) is 0 Å². The summed E-state index contributed by atoms with van der Waals surface area (Å²) in [7, 11) is 0. The van der Waals surface area contributed by atoms with Gasteiger partial charge in [-0.25, -0.2) is 0 Å². The number of halogens is 2. The van der Waals surface area contributed by atoms with Gasteiger partial charge >= 0.3 is 0 Å². The molecule has 0 fully saturated rings. The van der Waals surface area contributed by atoms with Crippen LogP contribution in [0.1, 0.15) is 10.4 Å². The zero-order valence-corrected chi connectivity index (χ0v) is 12.7. The summed E-state index contributed by atoms with van der Waals surface area (Å²) < 4.78 is 5.46. The summed E-state index contributed by atoms with van der Waals surface area (Å²) in [4.78, 5) is 14.1. The topological polar surface area (TPSA) is 70.0 Å². The highest BCUT2D eigenvalue weighted by atomic mass is 35.5. The molecular formula is C15H11Cl2NO4. The average Bonchev–Trinajstić information content (AvgIpc) is 2.50. The molecule has 1 aliphatic rings. The van der Waals surface area contributed by atoms with Crippen LogP contribution in [-0.4, -0.2) is 29.3 Å². The minimum absolute atomic E-state index is 0.000224. The maximum absolute atomic E-state index is 12.7. The van der Waals surface area contributed by atoms with E-state index in [1.54, 1.807) is 6.07 Å². The van der Waals surface area contributed by atoms with Crippen LogP contribution >= 0.6 is 23.2 Å². The van der Waals surface area contributed by atoms with E-state index in [0.29, 0.717) is 24.6 Å². The van der Waals surface area contributed by atoms with Crippen molar-refractivity contribution in [2.24, 2.45) is 0 Å². The van der Waals surface area contributed by atoms with E-state index >= 15 is 0 Å². The predicted molar refractivity (Wildman–Crippen MR) is 83.4 cm³/mol. The van der Waals surface area contributed by atoms with Crippen LogP contribution in [-0.2, 0) is 0 Å². The van der Waals surface area contributed by atoms with Crippen molar-refractivity contribution in [2.45, 2.75) is 0 Å². The van der Waals surface area contributed by atoms with Gasteiger partial charge in [-0.05, 0) is 24.3 Å². The van der Waals surface area contributed by atoms with Gasteiger partial charge in [0, 0.05) is 11.6 Å². The molecule has 1 amide bonds. The van der Waals surface area contributed by atoms with Gasteiger partial charge in [-0.1, -0.05) is 23.2 Å². The van der Waals surface area contributed by atoms with Crippen molar-refractivity contribution in [2.75, 3.05) is 18.1 Å². The average molecular weight is 340 g/mol. The lowest BCUT2D eigenvalue weighted by atomic mass is 10.1. The molecule has 0 unspecified atom stereocenters. The van der Waals surface area contributed by atoms with E-state index in [9.17, 15) is 15.0 Å². The molecule has 0 radical (unpaired) electrons. The number of benzene rings is 2. The van der Waals surface area contributed by atoms with Crippen molar-refractivity contribution in [1.82, 2.24) is 0 Å². The number of rotatable bonds is 1. The van der Waals surface area contributed by atoms with Crippen LogP contribution < -0.4 is 9.64 Å². The number of hydrogen-bond donors (Lipinski definition) is 2. The molecule has 0 atom stereocenters. The summed E-state index contributed by atoms with van der Waals surface area (Å²) in [6.07, 6.45) is 0. The molecule has 2 N–H and O–H groups in total. The summed E-state index contributed by atoms with van der Waals surface area (Å²) in [5.41, 5.74) is 0.709. The molecule has 1 heterocycles. The Morgan fingerprint density at radius 2 is 1.82 bits per heavy atom. The molecule has 0 aromatic heterocycles. The lowest BCUT2D eigenvalue weighted by Gasteiger charge is -2.29. The van der Waals surface area contributed by atoms with E-state index in [-0.39, 0.29) is 33.0 Å². The molecule has 0 bridgehead atoms. The molecule has 0 saturated carbocycles. The zero-order chi connectivity index (χ0) is 15.9. The van der Waals surface area contributed by atoms with E-state index < -0.39 is 0 Å². The summed E-state index contributed by atoms with van der Waals surface area (Å²) in [5.74, 6) is -0.0731. The molecule has 0 saturated heterocycles. The number of fused-ring (bicyclic) bond motifs is 1. The van der Waals surface area contributed by atoms with Crippen LogP contribution in [0.5, 0.6) is 17.2 Å². The highest BCUT2D eigenvalue weighted by Crippen LogP contribution is 2.37. The first kappa shape index (κ1) is 14.8. The van der Waals surface area contributed by atoms with Gasteiger partial charge in [0.2, 0.25) is 0 Å². The van der Waals surface area contributed by atoms with E-state index in [2.05, 4.69) is 0 Å². The first-order valence-electron chi connectivity index (χ1n) is 6.43. The largest absolute Gasteiger partial charge is 0.508 e. The second-order valence-corrected chi connectivity index (χ2v) is 5.56. The normalized spacial score (nSPS) is 13.5. The van der Waals surface area contributed by atoms with Gasteiger partial charge in [0.1, 0.15) is 18.1 Å².